The fourth-order valence-electron chi connectivity index (χ4n) is 7.08. The van der Waals surface area contributed by atoms with Gasteiger partial charge in [0.05, 0.1) is 35.5 Å². The lowest BCUT2D eigenvalue weighted by atomic mass is 9.93. The number of nitriles is 1. The van der Waals surface area contributed by atoms with Crippen molar-refractivity contribution in [2.24, 2.45) is 0 Å². The zero-order valence-electron chi connectivity index (χ0n) is 31.7. The first-order valence-electron chi connectivity index (χ1n) is 18.0. The number of carbonyl (C=O) groups is 1. The lowest BCUT2D eigenvalue weighted by Crippen LogP contribution is -2.57. The van der Waals surface area contributed by atoms with Crippen molar-refractivity contribution in [1.29, 1.82) is 5.26 Å². The molecule has 0 bridgehead atoms. The first kappa shape index (κ1) is 37.5. The highest BCUT2D eigenvalue weighted by molar-refractivity contribution is 6.74. The van der Waals surface area contributed by atoms with Crippen molar-refractivity contribution in [2.75, 3.05) is 37.6 Å². The first-order chi connectivity index (χ1) is 24.6. The number of urea groups is 1. The van der Waals surface area contributed by atoms with Gasteiger partial charge in [0, 0.05) is 62.0 Å². The molecule has 6 rings (SSSR count). The number of anilines is 1. The second-order valence-corrected chi connectivity index (χ2v) is 21.2. The molecule has 2 aromatic heterocycles. The molecule has 2 aliphatic rings. The van der Waals surface area contributed by atoms with Crippen LogP contribution in [0.2, 0.25) is 23.2 Å². The normalized spacial score (nSPS) is 16.7. The number of aryl methyl sites for hydroxylation is 1. The summed E-state index contributed by atoms with van der Waals surface area (Å²) in [6.07, 6.45) is 7.93. The molecule has 272 valence electrons. The highest BCUT2D eigenvalue weighted by Crippen LogP contribution is 2.42. The minimum Gasteiger partial charge on any atom is -0.410 e. The van der Waals surface area contributed by atoms with Crippen LogP contribution in [0.3, 0.4) is 0 Å². The molecule has 2 aromatic carbocycles. The zero-order chi connectivity index (χ0) is 37.4. The number of rotatable bonds is 8. The molecule has 4 aromatic rings. The molecular formula is C41H50ClN7O2Si. The SMILES string of the molecule is Cc1nccn1CC1=Cc2cccnc2C(N2CCN(C(=O)N(CC(C)(C)O[Si](C)(C)C(C)(C)C)c3ccc(C#N)cc3)CC2)c2ccc(Cl)cc21. The van der Waals surface area contributed by atoms with E-state index in [0.717, 1.165) is 39.5 Å². The van der Waals surface area contributed by atoms with Gasteiger partial charge in [-0.3, -0.25) is 14.8 Å². The van der Waals surface area contributed by atoms with Crippen LogP contribution >= 0.6 is 11.6 Å². The Hall–Kier alpha value is -4.27. The summed E-state index contributed by atoms with van der Waals surface area (Å²) < 4.78 is 9.04. The van der Waals surface area contributed by atoms with Crippen LogP contribution in [0, 0.1) is 18.3 Å². The minimum absolute atomic E-state index is 0.0218. The molecule has 0 radical (unpaired) electrons. The van der Waals surface area contributed by atoms with Gasteiger partial charge in [-0.05, 0) is 110 Å². The maximum atomic E-state index is 14.6. The topological polar surface area (TPSA) is 90.5 Å². The Morgan fingerprint density at radius 2 is 1.73 bits per heavy atom. The van der Waals surface area contributed by atoms with E-state index < -0.39 is 13.9 Å². The Balaban J connectivity index is 1.28. The fourth-order valence-corrected chi connectivity index (χ4v) is 9.00. The predicted octanol–water partition coefficient (Wildman–Crippen LogP) is 8.80. The predicted molar refractivity (Wildman–Crippen MR) is 212 cm³/mol. The molecule has 11 heteroatoms. The quantitative estimate of drug-likeness (QED) is 0.168. The van der Waals surface area contributed by atoms with Crippen LogP contribution in [-0.2, 0) is 11.0 Å². The van der Waals surface area contributed by atoms with Crippen LogP contribution in [0.5, 0.6) is 0 Å². The van der Waals surface area contributed by atoms with E-state index >= 15 is 0 Å². The average Bonchev–Trinajstić information content (AvgIpc) is 3.45. The van der Waals surface area contributed by atoms with E-state index in [1.54, 1.807) is 12.1 Å². The number of hydrogen-bond donors (Lipinski definition) is 0. The molecule has 1 aliphatic heterocycles. The fraction of sp³-hybridized carbons (Fsp3) is 0.415. The van der Waals surface area contributed by atoms with Gasteiger partial charge in [0.2, 0.25) is 0 Å². The van der Waals surface area contributed by atoms with Crippen LogP contribution in [-0.4, -0.2) is 77.0 Å². The Labute approximate surface area is 314 Å². The summed E-state index contributed by atoms with van der Waals surface area (Å²) in [4.78, 5) is 30.2. The molecule has 52 heavy (non-hydrogen) atoms. The van der Waals surface area contributed by atoms with E-state index in [1.807, 2.05) is 59.6 Å². The van der Waals surface area contributed by atoms with Crippen molar-refractivity contribution in [3.63, 3.8) is 0 Å². The average molecular weight is 736 g/mol. The van der Waals surface area contributed by atoms with Crippen molar-refractivity contribution in [3.8, 4) is 6.07 Å². The summed E-state index contributed by atoms with van der Waals surface area (Å²) in [6, 6.07) is 19.6. The Kier molecular flexibility index (Phi) is 10.5. The first-order valence-corrected chi connectivity index (χ1v) is 21.3. The Morgan fingerprint density at radius 3 is 2.37 bits per heavy atom. The maximum Gasteiger partial charge on any atom is 0.324 e. The third kappa shape index (κ3) is 7.88. The zero-order valence-corrected chi connectivity index (χ0v) is 33.4. The van der Waals surface area contributed by atoms with Crippen LogP contribution in [0.25, 0.3) is 11.6 Å². The van der Waals surface area contributed by atoms with Crippen LogP contribution < -0.4 is 4.90 Å². The van der Waals surface area contributed by atoms with Gasteiger partial charge in [0.1, 0.15) is 5.82 Å². The molecule has 0 saturated carbocycles. The lowest BCUT2D eigenvalue weighted by molar-refractivity contribution is 0.0926. The van der Waals surface area contributed by atoms with Gasteiger partial charge in [0.25, 0.3) is 0 Å². The van der Waals surface area contributed by atoms with E-state index in [0.29, 0.717) is 49.9 Å². The number of imidazole rings is 1. The van der Waals surface area contributed by atoms with Gasteiger partial charge >= 0.3 is 6.03 Å². The molecule has 1 fully saturated rings. The summed E-state index contributed by atoms with van der Waals surface area (Å²) in [6.45, 7) is 20.8. The van der Waals surface area contributed by atoms with Gasteiger partial charge in [-0.2, -0.15) is 5.26 Å². The number of nitrogens with zero attached hydrogens (tertiary/aromatic N) is 7. The van der Waals surface area contributed by atoms with Crippen molar-refractivity contribution in [1.82, 2.24) is 24.3 Å². The monoisotopic (exact) mass is 735 g/mol. The van der Waals surface area contributed by atoms with Crippen molar-refractivity contribution < 1.29 is 9.22 Å². The molecule has 2 amide bonds. The lowest BCUT2D eigenvalue weighted by Gasteiger charge is -2.45. The number of benzene rings is 2. The van der Waals surface area contributed by atoms with E-state index in [2.05, 4.69) is 92.5 Å². The highest BCUT2D eigenvalue weighted by Gasteiger charge is 2.43. The molecule has 9 nitrogen and oxygen atoms in total. The van der Waals surface area contributed by atoms with E-state index in [4.69, 9.17) is 21.0 Å². The van der Waals surface area contributed by atoms with Crippen molar-refractivity contribution in [3.05, 3.63) is 112 Å². The molecule has 0 N–H and O–H groups in total. The molecular weight excluding hydrogens is 686 g/mol. The number of piperazine rings is 1. The molecule has 1 saturated heterocycles. The highest BCUT2D eigenvalue weighted by atomic mass is 35.5. The van der Waals surface area contributed by atoms with Gasteiger partial charge in [-0.25, -0.2) is 9.78 Å². The van der Waals surface area contributed by atoms with Gasteiger partial charge < -0.3 is 13.9 Å². The maximum absolute atomic E-state index is 14.6. The number of aromatic nitrogens is 3. The third-order valence-corrected chi connectivity index (χ3v) is 15.7. The third-order valence-electron chi connectivity index (χ3n) is 10.7. The number of carbonyl (C=O) groups excluding carboxylic acids is 1. The smallest absolute Gasteiger partial charge is 0.324 e. The number of pyridine rings is 1. The summed E-state index contributed by atoms with van der Waals surface area (Å²) in [7, 11) is -2.14. The summed E-state index contributed by atoms with van der Waals surface area (Å²) in [5.41, 5.74) is 6.15. The van der Waals surface area contributed by atoms with E-state index in [9.17, 15) is 10.1 Å². The number of hydrogen-bond acceptors (Lipinski definition) is 6. The molecule has 0 spiro atoms. The van der Waals surface area contributed by atoms with E-state index in [-0.39, 0.29) is 17.1 Å². The van der Waals surface area contributed by atoms with Gasteiger partial charge in [-0.15, -0.1) is 0 Å². The van der Waals surface area contributed by atoms with Crippen LogP contribution in [0.15, 0.2) is 73.2 Å². The van der Waals surface area contributed by atoms with Crippen LogP contribution in [0.1, 0.15) is 74.4 Å². The van der Waals surface area contributed by atoms with Crippen molar-refractivity contribution >= 4 is 43.3 Å². The van der Waals surface area contributed by atoms with Gasteiger partial charge in [0.15, 0.2) is 8.32 Å². The Bertz CT molecular complexity index is 2000. The standard InChI is InChI=1S/C41H50ClN7O2Si/c1-29-44-18-19-48(29)27-32-24-31-10-9-17-45-37(31)38(35-16-13-33(42)25-36(32)35)46-20-22-47(23-21-46)39(50)49(34-14-11-30(26-43)12-15-34)28-41(5,6)51-52(7,8)40(2,3)4/h9-19,24-25,38H,20-23,27-28H2,1-8H3. The largest absolute Gasteiger partial charge is 0.410 e. The van der Waals surface area contributed by atoms with Crippen LogP contribution in [0.4, 0.5) is 10.5 Å². The molecule has 1 aliphatic carbocycles. The Morgan fingerprint density at radius 1 is 1.02 bits per heavy atom. The number of amides is 2. The molecule has 1 unspecified atom stereocenters. The van der Waals surface area contributed by atoms with Crippen molar-refractivity contribution in [2.45, 2.75) is 77.9 Å². The van der Waals surface area contributed by atoms with E-state index in [1.165, 1.54) is 0 Å². The number of allylic oxidation sites excluding steroid dienone is 1. The number of halogens is 1. The summed E-state index contributed by atoms with van der Waals surface area (Å²) in [5, 5.41) is 10.2. The minimum atomic E-state index is -2.14. The second kappa shape index (κ2) is 14.6. The van der Waals surface area contributed by atoms with Gasteiger partial charge in [-0.1, -0.05) is 44.5 Å². The second-order valence-electron chi connectivity index (χ2n) is 16.1. The molecule has 3 heterocycles. The summed E-state index contributed by atoms with van der Waals surface area (Å²) in [5.74, 6) is 0.947. The summed E-state index contributed by atoms with van der Waals surface area (Å²) >= 11 is 6.66. The molecule has 1 atom stereocenters. The number of fused-ring (bicyclic) bond motifs is 2.